The SMILES string of the molecule is CC(C)Cc1ccc2c(c1-c1ccccc1)C=C(C(C)(C)C)[CH]2[Zr]([Cl])([Cl])([CH]1C(C(C)(C)C)=Cc2c1ccc(CC(C)C)c2-c1ccccc1)[SiH](C)C. The van der Waals surface area contributed by atoms with Gasteiger partial charge < -0.3 is 0 Å². The Balaban J connectivity index is 1.70. The molecule has 0 radical (unpaired) electrons. The molecule has 2 atom stereocenters. The second-order valence-electron chi connectivity index (χ2n) is 19.1. The Labute approximate surface area is 324 Å². The molecule has 0 aromatic heterocycles. The number of fused-ring (bicyclic) bond motifs is 2. The van der Waals surface area contributed by atoms with Gasteiger partial charge in [-0.2, -0.15) is 0 Å². The first kappa shape index (κ1) is 39.7. The summed E-state index contributed by atoms with van der Waals surface area (Å²) >= 11 is -5.08. The van der Waals surface area contributed by atoms with Crippen molar-refractivity contribution < 1.29 is 15.6 Å². The Kier molecular flexibility index (Phi) is 10.9. The van der Waals surface area contributed by atoms with Crippen molar-refractivity contribution in [2.45, 2.75) is 102 Å². The van der Waals surface area contributed by atoms with Crippen LogP contribution in [-0.4, -0.2) is 5.92 Å². The fourth-order valence-corrected chi connectivity index (χ4v) is 40.8. The van der Waals surface area contributed by atoms with Gasteiger partial charge in [0.15, 0.2) is 0 Å². The van der Waals surface area contributed by atoms with Crippen LogP contribution >= 0.6 is 17.0 Å². The average molecular weight is 828 g/mol. The molecular formula is C48H61Cl2SiZr. The van der Waals surface area contributed by atoms with Crippen LogP contribution in [0.15, 0.2) is 96.1 Å². The fraction of sp³-hybridized carbons (Fsp3) is 0.417. The van der Waals surface area contributed by atoms with E-state index in [1.807, 2.05) is 0 Å². The molecule has 0 aliphatic heterocycles. The van der Waals surface area contributed by atoms with E-state index in [1.54, 1.807) is 0 Å². The molecule has 6 rings (SSSR count). The minimum atomic E-state index is -5.08. The van der Waals surface area contributed by atoms with Gasteiger partial charge in [-0.3, -0.25) is 0 Å². The number of hydrogen-bond acceptors (Lipinski definition) is 0. The Bertz CT molecular complexity index is 1880. The Hall–Kier alpha value is -1.96. The van der Waals surface area contributed by atoms with Crippen LogP contribution in [0.4, 0.5) is 0 Å². The van der Waals surface area contributed by atoms with E-state index in [0.717, 1.165) is 12.8 Å². The molecule has 275 valence electrons. The van der Waals surface area contributed by atoms with Crippen molar-refractivity contribution in [3.63, 3.8) is 0 Å². The van der Waals surface area contributed by atoms with Crippen molar-refractivity contribution >= 4 is 35.1 Å². The van der Waals surface area contributed by atoms with Gasteiger partial charge in [-0.15, -0.1) is 0 Å². The zero-order valence-corrected chi connectivity index (χ0v) is 38.9. The molecule has 4 heteroatoms. The van der Waals surface area contributed by atoms with Crippen LogP contribution in [0.5, 0.6) is 0 Å². The second-order valence-corrected chi connectivity index (χ2v) is 61.6. The Morgan fingerprint density at radius 1 is 0.558 bits per heavy atom. The predicted octanol–water partition coefficient (Wildman–Crippen LogP) is 15.1. The van der Waals surface area contributed by atoms with Crippen molar-refractivity contribution in [2.75, 3.05) is 0 Å². The van der Waals surface area contributed by atoms with Crippen molar-refractivity contribution in [3.8, 4) is 22.3 Å². The average Bonchev–Trinajstić information content (AvgIpc) is 3.66. The van der Waals surface area contributed by atoms with E-state index in [2.05, 4.69) is 179 Å². The molecular weight excluding hydrogens is 767 g/mol. The van der Waals surface area contributed by atoms with Gasteiger partial charge in [0.2, 0.25) is 0 Å². The monoisotopic (exact) mass is 825 g/mol. The van der Waals surface area contributed by atoms with Crippen LogP contribution in [0.2, 0.25) is 13.1 Å². The van der Waals surface area contributed by atoms with Gasteiger partial charge in [0.05, 0.1) is 0 Å². The third-order valence-electron chi connectivity index (χ3n) is 11.9. The molecule has 0 spiro atoms. The summed E-state index contributed by atoms with van der Waals surface area (Å²) < 4.78 is 0.0541. The first-order valence-corrected chi connectivity index (χ1v) is 36.0. The minimum absolute atomic E-state index is 0.0271. The maximum absolute atomic E-state index is 9.00. The number of hydrogen-bond donors (Lipinski definition) is 0. The molecule has 4 aromatic carbocycles. The van der Waals surface area contributed by atoms with Crippen LogP contribution < -0.4 is 0 Å². The van der Waals surface area contributed by atoms with E-state index in [-0.39, 0.29) is 18.1 Å². The molecule has 0 saturated heterocycles. The number of benzene rings is 4. The summed E-state index contributed by atoms with van der Waals surface area (Å²) in [7, 11) is 18.0. The second kappa shape index (κ2) is 14.3. The third-order valence-corrected chi connectivity index (χ3v) is 63.5. The molecule has 2 unspecified atom stereocenters. The van der Waals surface area contributed by atoms with Gasteiger partial charge >= 0.3 is 327 Å². The van der Waals surface area contributed by atoms with E-state index < -0.39 is 21.5 Å². The fourth-order valence-electron chi connectivity index (χ4n) is 9.42. The summed E-state index contributed by atoms with van der Waals surface area (Å²) in [6, 6.07) is 31.9. The topological polar surface area (TPSA) is 0 Å². The van der Waals surface area contributed by atoms with Gasteiger partial charge in [0.1, 0.15) is 0 Å². The van der Waals surface area contributed by atoms with Gasteiger partial charge in [-0.25, -0.2) is 0 Å². The van der Waals surface area contributed by atoms with Crippen molar-refractivity contribution in [1.82, 2.24) is 0 Å². The van der Waals surface area contributed by atoms with Gasteiger partial charge in [-0.05, 0) is 0 Å². The van der Waals surface area contributed by atoms with Crippen LogP contribution in [0.3, 0.4) is 0 Å². The molecule has 4 aromatic rings. The molecule has 2 aliphatic rings. The molecule has 52 heavy (non-hydrogen) atoms. The van der Waals surface area contributed by atoms with Crippen molar-refractivity contribution in [1.29, 1.82) is 0 Å². The Morgan fingerprint density at radius 3 is 1.19 bits per heavy atom. The summed E-state index contributed by atoms with van der Waals surface area (Å²) in [5.74, 6) is -0.657. The molecule has 0 nitrogen and oxygen atoms in total. The zero-order valence-electron chi connectivity index (χ0n) is 33.8. The normalized spacial score (nSPS) is 18.4. The van der Waals surface area contributed by atoms with Crippen LogP contribution in [0, 0.1) is 22.7 Å². The standard InChI is InChI=1S/2C23H27.C2H7Si.2ClH.Zr/c2*1-16(2)13-19-12-11-18-14-20(23(3,4)5)15-21(18)22(19)17-9-7-6-8-10-17;1-3-2;;;/h2*6-12,14-16H,13H2,1-5H3;3H,1-2H3;2*1H;/q;;;;;+2/p-2. The Morgan fingerprint density at radius 2 is 0.904 bits per heavy atom. The molecule has 0 bridgehead atoms. The summed E-state index contributed by atoms with van der Waals surface area (Å²) in [5, 5.41) is 0. The van der Waals surface area contributed by atoms with E-state index in [4.69, 9.17) is 17.0 Å². The summed E-state index contributed by atoms with van der Waals surface area (Å²) in [4.78, 5) is 0. The van der Waals surface area contributed by atoms with Gasteiger partial charge in [0.25, 0.3) is 0 Å². The molecule has 0 heterocycles. The van der Waals surface area contributed by atoms with Gasteiger partial charge in [0, 0.05) is 0 Å². The van der Waals surface area contributed by atoms with Gasteiger partial charge in [-0.1, -0.05) is 0 Å². The molecule has 2 aliphatic carbocycles. The first-order valence-electron chi connectivity index (χ1n) is 19.7. The third kappa shape index (κ3) is 6.91. The quantitative estimate of drug-likeness (QED) is 0.147. The summed E-state index contributed by atoms with van der Waals surface area (Å²) in [6.45, 7) is 28.6. The van der Waals surface area contributed by atoms with Crippen LogP contribution in [0.25, 0.3) is 34.4 Å². The predicted molar refractivity (Wildman–Crippen MR) is 232 cm³/mol. The molecule has 0 fully saturated rings. The summed E-state index contributed by atoms with van der Waals surface area (Å²) in [6.07, 6.45) is 7.17. The zero-order chi connectivity index (χ0) is 38.0. The number of rotatable bonds is 9. The maximum atomic E-state index is 9.00. The van der Waals surface area contributed by atoms with E-state index in [9.17, 15) is 0 Å². The van der Waals surface area contributed by atoms with E-state index in [0.29, 0.717) is 11.8 Å². The first-order chi connectivity index (χ1) is 24.2. The molecule has 0 saturated carbocycles. The number of halogens is 2. The van der Waals surface area contributed by atoms with E-state index in [1.165, 1.54) is 66.8 Å². The van der Waals surface area contributed by atoms with Crippen molar-refractivity contribution in [2.24, 2.45) is 22.7 Å². The van der Waals surface area contributed by atoms with Crippen LogP contribution in [0.1, 0.15) is 110 Å². The molecule has 0 N–H and O–H groups in total. The molecule has 0 amide bonds. The summed E-state index contributed by atoms with van der Waals surface area (Å²) in [5.41, 5.74) is 16.2. The number of allylic oxidation sites excluding steroid dienone is 2. The van der Waals surface area contributed by atoms with Crippen LogP contribution in [-0.2, 0) is 28.4 Å². The van der Waals surface area contributed by atoms with Crippen molar-refractivity contribution in [3.05, 3.63) is 129 Å². The van der Waals surface area contributed by atoms with E-state index >= 15 is 0 Å².